The Hall–Kier alpha value is -3.67. The normalized spacial score (nSPS) is 11.1. The van der Waals surface area contributed by atoms with Gasteiger partial charge in [0.15, 0.2) is 17.7 Å². The first-order chi connectivity index (χ1) is 28.1. The maximum Gasteiger partial charge on any atom is 0.261 e. The third-order valence-electron chi connectivity index (χ3n) is 11.0. The van der Waals surface area contributed by atoms with E-state index in [1.54, 1.807) is 24.3 Å². The zero-order valence-electron chi connectivity index (χ0n) is 36.5. The number of carbonyl (C=O) groups is 2. The minimum Gasteiger partial charge on any atom is -0.490 e. The van der Waals surface area contributed by atoms with Gasteiger partial charge in [-0.25, -0.2) is 4.57 Å². The van der Waals surface area contributed by atoms with Gasteiger partial charge in [0.1, 0.15) is 13.1 Å². The van der Waals surface area contributed by atoms with E-state index in [9.17, 15) is 9.59 Å². The Morgan fingerprint density at radius 3 is 1.44 bits per heavy atom. The smallest absolute Gasteiger partial charge is 0.261 e. The molecule has 0 aliphatic carbocycles. The van der Waals surface area contributed by atoms with Crippen molar-refractivity contribution < 1.29 is 23.6 Å². The van der Waals surface area contributed by atoms with Gasteiger partial charge in [0.05, 0.1) is 13.2 Å². The predicted molar refractivity (Wildman–Crippen MR) is 237 cm³/mol. The maximum absolute atomic E-state index is 14.4. The highest BCUT2D eigenvalue weighted by Crippen LogP contribution is 2.30. The number of benzene rings is 2. The Kier molecular flexibility index (Phi) is 26.2. The molecule has 57 heavy (non-hydrogen) atoms. The van der Waals surface area contributed by atoms with Gasteiger partial charge in [0.25, 0.3) is 11.8 Å². The molecular formula is C51H79N2O4+. The highest BCUT2D eigenvalue weighted by Gasteiger charge is 2.28. The van der Waals surface area contributed by atoms with Crippen LogP contribution in [0.15, 0.2) is 72.9 Å². The minimum absolute atomic E-state index is 0.166. The fraction of sp³-hybridized carbons (Fsp3) is 0.627. The van der Waals surface area contributed by atoms with E-state index in [4.69, 9.17) is 9.47 Å². The zero-order chi connectivity index (χ0) is 40.6. The number of aryl methyl sites for hydroxylation is 1. The lowest BCUT2D eigenvalue weighted by atomic mass is 10.1. The molecule has 2 aromatic carbocycles. The van der Waals surface area contributed by atoms with E-state index in [2.05, 4.69) is 25.3 Å². The lowest BCUT2D eigenvalue weighted by Gasteiger charge is -2.21. The molecule has 1 heterocycles. The van der Waals surface area contributed by atoms with Gasteiger partial charge in [-0.3, -0.25) is 14.5 Å². The van der Waals surface area contributed by atoms with Crippen LogP contribution in [0.3, 0.4) is 0 Å². The number of carbonyl (C=O) groups excluding carboxylic acids is 2. The van der Waals surface area contributed by atoms with Crippen molar-refractivity contribution >= 4 is 11.8 Å². The van der Waals surface area contributed by atoms with Gasteiger partial charge in [-0.15, -0.1) is 0 Å². The van der Waals surface area contributed by atoms with Gasteiger partial charge in [-0.1, -0.05) is 186 Å². The highest BCUT2D eigenvalue weighted by molar-refractivity contribution is 6.10. The van der Waals surface area contributed by atoms with E-state index >= 15 is 0 Å². The molecule has 0 bridgehead atoms. The summed E-state index contributed by atoms with van der Waals surface area (Å²) in [6.07, 6.45) is 34.0. The molecule has 0 radical (unpaired) electrons. The van der Waals surface area contributed by atoms with E-state index in [-0.39, 0.29) is 18.4 Å². The lowest BCUT2D eigenvalue weighted by molar-refractivity contribution is -0.704. The van der Waals surface area contributed by atoms with Crippen LogP contribution < -0.4 is 14.0 Å². The third-order valence-corrected chi connectivity index (χ3v) is 11.0. The Balaban J connectivity index is 1.61. The number of imide groups is 1. The molecular weight excluding hydrogens is 705 g/mol. The Bertz CT molecular complexity index is 1480. The van der Waals surface area contributed by atoms with Crippen molar-refractivity contribution in [2.45, 2.75) is 194 Å². The van der Waals surface area contributed by atoms with Crippen molar-refractivity contribution in [3.05, 3.63) is 89.7 Å². The molecule has 0 fully saturated rings. The van der Waals surface area contributed by atoms with Crippen LogP contribution in [0.4, 0.5) is 0 Å². The second-order valence-electron chi connectivity index (χ2n) is 16.1. The first-order valence-corrected chi connectivity index (χ1v) is 23.4. The fourth-order valence-electron chi connectivity index (χ4n) is 7.53. The second-order valence-corrected chi connectivity index (χ2v) is 16.1. The predicted octanol–water partition coefficient (Wildman–Crippen LogP) is 14.0. The molecule has 3 rings (SSSR count). The van der Waals surface area contributed by atoms with Crippen LogP contribution in [-0.4, -0.2) is 29.9 Å². The summed E-state index contributed by atoms with van der Waals surface area (Å²) >= 11 is 0. The number of hydrogen-bond acceptors (Lipinski definition) is 4. The number of hydrogen-bond donors (Lipinski definition) is 0. The molecule has 0 saturated carbocycles. The molecule has 6 nitrogen and oxygen atoms in total. The van der Waals surface area contributed by atoms with Crippen LogP contribution >= 0.6 is 0 Å². The topological polar surface area (TPSA) is 59.7 Å². The molecule has 2 amide bonds. The molecule has 0 N–H and O–H groups in total. The first-order valence-electron chi connectivity index (χ1n) is 23.4. The fourth-order valence-corrected chi connectivity index (χ4v) is 7.53. The number of amides is 2. The number of unbranched alkanes of at least 4 members (excludes halogenated alkanes) is 22. The SMILES string of the molecule is CCCCCCCCCCCCCCOc1ccc(C(=O)N(Cc2cccc[n+]2CCC)C(=O)c2ccccc2)cc1OCCCCCCCCCCCCCC. The first kappa shape index (κ1) is 47.7. The summed E-state index contributed by atoms with van der Waals surface area (Å²) in [5.41, 5.74) is 1.80. The van der Waals surface area contributed by atoms with Crippen molar-refractivity contribution in [2.24, 2.45) is 0 Å². The van der Waals surface area contributed by atoms with Gasteiger partial charge in [0, 0.05) is 29.7 Å². The van der Waals surface area contributed by atoms with E-state index in [0.29, 0.717) is 35.8 Å². The van der Waals surface area contributed by atoms with Crippen molar-refractivity contribution in [3.63, 3.8) is 0 Å². The molecule has 1 aromatic heterocycles. The molecule has 0 unspecified atom stereocenters. The second kappa shape index (κ2) is 31.3. The summed E-state index contributed by atoms with van der Waals surface area (Å²) < 4.78 is 14.8. The zero-order valence-corrected chi connectivity index (χ0v) is 36.5. The summed E-state index contributed by atoms with van der Waals surface area (Å²) in [6, 6.07) is 20.4. The molecule has 3 aromatic rings. The van der Waals surface area contributed by atoms with Crippen molar-refractivity contribution in [2.75, 3.05) is 13.2 Å². The summed E-state index contributed by atoms with van der Waals surface area (Å²) in [5.74, 6) is 0.575. The van der Waals surface area contributed by atoms with Crippen LogP contribution in [0.1, 0.15) is 208 Å². The van der Waals surface area contributed by atoms with Gasteiger partial charge >= 0.3 is 0 Å². The van der Waals surface area contributed by atoms with Crippen LogP contribution in [0.5, 0.6) is 11.5 Å². The highest BCUT2D eigenvalue weighted by atomic mass is 16.5. The monoisotopic (exact) mass is 784 g/mol. The molecule has 0 aliphatic heterocycles. The molecule has 0 aliphatic rings. The van der Waals surface area contributed by atoms with Crippen LogP contribution in [0, 0.1) is 0 Å². The number of ether oxygens (including phenoxy) is 2. The summed E-state index contributed by atoms with van der Waals surface area (Å²) in [4.78, 5) is 29.7. The van der Waals surface area contributed by atoms with Crippen molar-refractivity contribution in [1.29, 1.82) is 0 Å². The standard InChI is InChI=1S/C51H79N2O4/c1-4-7-9-11-13-15-17-19-21-23-25-32-41-56-48-38-37-46(43-49(48)57-42-33-26-24-22-20-18-16-14-12-10-8-5-2)51(55)53(50(54)45-34-28-27-29-35-45)44-47-36-30-31-40-52(47)39-6-3/h27-31,34-38,40,43H,4-26,32-33,39,41-42,44H2,1-3H3/q+1. The lowest BCUT2D eigenvalue weighted by Crippen LogP contribution is -2.44. The molecule has 316 valence electrons. The van der Waals surface area contributed by atoms with Gasteiger partial charge in [-0.05, 0) is 43.2 Å². The van der Waals surface area contributed by atoms with Crippen LogP contribution in [0.25, 0.3) is 0 Å². The molecule has 0 saturated heterocycles. The number of rotatable bonds is 34. The molecule has 0 atom stereocenters. The minimum atomic E-state index is -0.349. The average Bonchev–Trinajstić information content (AvgIpc) is 3.24. The number of aromatic nitrogens is 1. The third kappa shape index (κ3) is 20.0. The largest absolute Gasteiger partial charge is 0.490 e. The van der Waals surface area contributed by atoms with E-state index < -0.39 is 0 Å². The van der Waals surface area contributed by atoms with Gasteiger partial charge in [-0.2, -0.15) is 0 Å². The van der Waals surface area contributed by atoms with Crippen LogP contribution in [-0.2, 0) is 13.1 Å². The summed E-state index contributed by atoms with van der Waals surface area (Å²) in [6.45, 7) is 8.83. The average molecular weight is 784 g/mol. The van der Waals surface area contributed by atoms with Crippen molar-refractivity contribution in [1.82, 2.24) is 4.90 Å². The van der Waals surface area contributed by atoms with E-state index in [1.807, 2.05) is 48.7 Å². The van der Waals surface area contributed by atoms with Gasteiger partial charge in [0.2, 0.25) is 5.69 Å². The molecule has 6 heteroatoms. The van der Waals surface area contributed by atoms with Crippen molar-refractivity contribution in [3.8, 4) is 11.5 Å². The van der Waals surface area contributed by atoms with E-state index in [0.717, 1.165) is 44.3 Å². The maximum atomic E-state index is 14.4. The Morgan fingerprint density at radius 1 is 0.474 bits per heavy atom. The van der Waals surface area contributed by atoms with E-state index in [1.165, 1.54) is 133 Å². The summed E-state index contributed by atoms with van der Waals surface area (Å²) in [7, 11) is 0. The quantitative estimate of drug-likeness (QED) is 0.0344. The summed E-state index contributed by atoms with van der Waals surface area (Å²) in [5, 5.41) is 0. The Morgan fingerprint density at radius 2 is 0.930 bits per heavy atom. The number of nitrogens with zero attached hydrogens (tertiary/aromatic N) is 2. The molecule has 0 spiro atoms. The Labute approximate surface area is 348 Å². The number of pyridine rings is 1. The van der Waals surface area contributed by atoms with Gasteiger partial charge < -0.3 is 9.47 Å². The van der Waals surface area contributed by atoms with Crippen LogP contribution in [0.2, 0.25) is 0 Å².